The van der Waals surface area contributed by atoms with Crippen LogP contribution in [0.15, 0.2) is 40.8 Å². The molecule has 1 saturated heterocycles. The fourth-order valence-electron chi connectivity index (χ4n) is 3.90. The Labute approximate surface area is 150 Å². The van der Waals surface area contributed by atoms with Gasteiger partial charge < -0.3 is 19.4 Å². The van der Waals surface area contributed by atoms with Crippen molar-refractivity contribution < 1.29 is 9.15 Å². The average Bonchev–Trinajstić information content (AvgIpc) is 3.15. The number of rotatable bonds is 6. The number of aryl methyl sites for hydroxylation is 1. The summed E-state index contributed by atoms with van der Waals surface area (Å²) in [6, 6.07) is 12.9. The van der Waals surface area contributed by atoms with Crippen molar-refractivity contribution in [1.29, 1.82) is 0 Å². The van der Waals surface area contributed by atoms with Crippen molar-refractivity contribution in [2.75, 3.05) is 31.1 Å². The molecule has 1 fully saturated rings. The Kier molecular flexibility index (Phi) is 5.38. The fraction of sp³-hybridized carbons (Fsp3) is 0.524. The van der Waals surface area contributed by atoms with Gasteiger partial charge in [-0.3, -0.25) is 0 Å². The van der Waals surface area contributed by atoms with Gasteiger partial charge in [0.05, 0.1) is 6.54 Å². The molecule has 1 unspecified atom stereocenters. The van der Waals surface area contributed by atoms with Crippen LogP contribution in [0.5, 0.6) is 0 Å². The summed E-state index contributed by atoms with van der Waals surface area (Å²) in [6.45, 7) is 4.79. The average molecular weight is 340 g/mol. The zero-order valence-corrected chi connectivity index (χ0v) is 14.9. The zero-order valence-electron chi connectivity index (χ0n) is 14.9. The third kappa shape index (κ3) is 4.07. The van der Waals surface area contributed by atoms with Crippen LogP contribution in [0.3, 0.4) is 0 Å². The van der Waals surface area contributed by atoms with Gasteiger partial charge >= 0.3 is 0 Å². The third-order valence-corrected chi connectivity index (χ3v) is 5.24. The lowest BCUT2D eigenvalue weighted by molar-refractivity contribution is 0.00123. The lowest BCUT2D eigenvalue weighted by atomic mass is 10.0. The number of ether oxygens (including phenoxy) is 1. The van der Waals surface area contributed by atoms with Crippen molar-refractivity contribution in [3.8, 4) is 0 Å². The van der Waals surface area contributed by atoms with Crippen molar-refractivity contribution in [3.05, 3.63) is 53.5 Å². The monoisotopic (exact) mass is 340 g/mol. The summed E-state index contributed by atoms with van der Waals surface area (Å²) in [7, 11) is 0. The van der Waals surface area contributed by atoms with Crippen LogP contribution < -0.4 is 10.2 Å². The molecule has 0 bridgehead atoms. The van der Waals surface area contributed by atoms with E-state index in [0.717, 1.165) is 50.7 Å². The van der Waals surface area contributed by atoms with Gasteiger partial charge in [0.1, 0.15) is 17.6 Å². The molecule has 0 aliphatic carbocycles. The van der Waals surface area contributed by atoms with Gasteiger partial charge in [-0.15, -0.1) is 0 Å². The largest absolute Gasteiger partial charge is 0.462 e. The highest BCUT2D eigenvalue weighted by Gasteiger charge is 2.19. The molecular formula is C21H28N2O2. The van der Waals surface area contributed by atoms with Gasteiger partial charge in [0.15, 0.2) is 0 Å². The highest BCUT2D eigenvalue weighted by molar-refractivity contribution is 5.55. The van der Waals surface area contributed by atoms with Gasteiger partial charge in [-0.25, -0.2) is 0 Å². The van der Waals surface area contributed by atoms with E-state index >= 15 is 0 Å². The minimum atomic E-state index is 0.160. The van der Waals surface area contributed by atoms with Crippen LogP contribution in [-0.4, -0.2) is 26.2 Å². The molecule has 2 aliphatic heterocycles. The maximum absolute atomic E-state index is 5.97. The van der Waals surface area contributed by atoms with Crippen LogP contribution in [0.4, 0.5) is 5.69 Å². The number of benzene rings is 1. The predicted octanol–water partition coefficient (Wildman–Crippen LogP) is 4.06. The second-order valence-corrected chi connectivity index (χ2v) is 7.06. The first-order chi connectivity index (χ1) is 12.4. The molecule has 0 saturated carbocycles. The predicted molar refractivity (Wildman–Crippen MR) is 99.9 cm³/mol. The first-order valence-electron chi connectivity index (χ1n) is 9.64. The molecule has 1 aromatic heterocycles. The standard InChI is InChI=1S/C21H28N2O2/c1-2-8-19-17(6-1)7-5-13-23(19)14-12-22-16-18-10-11-21(25-18)20-9-3-4-15-24-20/h1-2,6,8,10-11,20,22H,3-5,7,9,12-16H2. The van der Waals surface area contributed by atoms with Crippen LogP contribution in [0.2, 0.25) is 0 Å². The molecule has 4 heteroatoms. The SMILES string of the molecule is c1ccc2c(c1)CCCN2CCNCc1ccc(C2CCCCO2)o1. The van der Waals surface area contributed by atoms with E-state index in [2.05, 4.69) is 46.6 Å². The van der Waals surface area contributed by atoms with E-state index in [9.17, 15) is 0 Å². The van der Waals surface area contributed by atoms with Gasteiger partial charge in [-0.05, 0) is 55.9 Å². The normalized spacial score (nSPS) is 20.5. The fourth-order valence-corrected chi connectivity index (χ4v) is 3.90. The van der Waals surface area contributed by atoms with Crippen molar-refractivity contribution >= 4 is 5.69 Å². The number of hydrogen-bond donors (Lipinski definition) is 1. The van der Waals surface area contributed by atoms with Gasteiger partial charge in [0, 0.05) is 31.9 Å². The van der Waals surface area contributed by atoms with E-state index in [4.69, 9.17) is 9.15 Å². The van der Waals surface area contributed by atoms with E-state index in [-0.39, 0.29) is 6.10 Å². The Morgan fingerprint density at radius 2 is 2.04 bits per heavy atom. The molecule has 25 heavy (non-hydrogen) atoms. The molecule has 4 rings (SSSR count). The lowest BCUT2D eigenvalue weighted by Gasteiger charge is -2.31. The number of nitrogens with one attached hydrogen (secondary N) is 1. The van der Waals surface area contributed by atoms with Crippen LogP contribution in [0, 0.1) is 0 Å². The van der Waals surface area contributed by atoms with Crippen molar-refractivity contribution in [2.24, 2.45) is 0 Å². The molecule has 1 N–H and O–H groups in total. The molecule has 1 aromatic carbocycles. The van der Waals surface area contributed by atoms with E-state index in [1.54, 1.807) is 0 Å². The molecule has 3 heterocycles. The van der Waals surface area contributed by atoms with E-state index < -0.39 is 0 Å². The molecule has 1 atom stereocenters. The maximum Gasteiger partial charge on any atom is 0.133 e. The minimum Gasteiger partial charge on any atom is -0.462 e. The van der Waals surface area contributed by atoms with E-state index in [0.29, 0.717) is 0 Å². The second kappa shape index (κ2) is 8.07. The van der Waals surface area contributed by atoms with Crippen LogP contribution in [0.25, 0.3) is 0 Å². The number of para-hydroxylation sites is 1. The zero-order chi connectivity index (χ0) is 16.9. The number of furan rings is 1. The van der Waals surface area contributed by atoms with Crippen molar-refractivity contribution in [1.82, 2.24) is 5.32 Å². The van der Waals surface area contributed by atoms with E-state index in [1.807, 2.05) is 0 Å². The first kappa shape index (κ1) is 16.7. The first-order valence-corrected chi connectivity index (χ1v) is 9.64. The number of hydrogen-bond acceptors (Lipinski definition) is 4. The summed E-state index contributed by atoms with van der Waals surface area (Å²) in [5.74, 6) is 1.99. The molecule has 134 valence electrons. The summed E-state index contributed by atoms with van der Waals surface area (Å²) in [5, 5.41) is 3.52. The Morgan fingerprint density at radius 1 is 1.08 bits per heavy atom. The van der Waals surface area contributed by atoms with E-state index in [1.165, 1.54) is 36.9 Å². The highest BCUT2D eigenvalue weighted by Crippen LogP contribution is 2.29. The molecule has 2 aromatic rings. The highest BCUT2D eigenvalue weighted by atomic mass is 16.5. The molecular weight excluding hydrogens is 312 g/mol. The molecule has 0 radical (unpaired) electrons. The Morgan fingerprint density at radius 3 is 2.96 bits per heavy atom. The smallest absolute Gasteiger partial charge is 0.133 e. The Hall–Kier alpha value is -1.78. The molecule has 0 spiro atoms. The van der Waals surface area contributed by atoms with Crippen LogP contribution in [0.1, 0.15) is 48.9 Å². The van der Waals surface area contributed by atoms with Gasteiger partial charge in [-0.2, -0.15) is 0 Å². The number of fused-ring (bicyclic) bond motifs is 1. The van der Waals surface area contributed by atoms with Crippen LogP contribution in [-0.2, 0) is 17.7 Å². The summed E-state index contributed by atoms with van der Waals surface area (Å²) in [6.07, 6.45) is 6.10. The lowest BCUT2D eigenvalue weighted by Crippen LogP contribution is -2.35. The second-order valence-electron chi connectivity index (χ2n) is 7.06. The number of anilines is 1. The summed E-state index contributed by atoms with van der Waals surface area (Å²) >= 11 is 0. The Bertz CT molecular complexity index is 676. The molecule has 0 amide bonds. The van der Waals surface area contributed by atoms with Crippen LogP contribution >= 0.6 is 0 Å². The summed E-state index contributed by atoms with van der Waals surface area (Å²) in [5.41, 5.74) is 2.89. The topological polar surface area (TPSA) is 37.6 Å². The van der Waals surface area contributed by atoms with Gasteiger partial charge in [0.25, 0.3) is 0 Å². The van der Waals surface area contributed by atoms with Gasteiger partial charge in [0.2, 0.25) is 0 Å². The van der Waals surface area contributed by atoms with Crippen molar-refractivity contribution in [2.45, 2.75) is 44.8 Å². The summed E-state index contributed by atoms with van der Waals surface area (Å²) < 4.78 is 11.8. The minimum absolute atomic E-state index is 0.160. The maximum atomic E-state index is 5.97. The Balaban J connectivity index is 1.24. The summed E-state index contributed by atoms with van der Waals surface area (Å²) in [4.78, 5) is 2.50. The quantitative estimate of drug-likeness (QED) is 0.805. The van der Waals surface area contributed by atoms with Crippen molar-refractivity contribution in [3.63, 3.8) is 0 Å². The number of nitrogens with zero attached hydrogens (tertiary/aromatic N) is 1. The third-order valence-electron chi connectivity index (χ3n) is 5.24. The molecule has 4 nitrogen and oxygen atoms in total. The molecule has 2 aliphatic rings. The van der Waals surface area contributed by atoms with Gasteiger partial charge in [-0.1, -0.05) is 18.2 Å².